The maximum absolute atomic E-state index is 12.8. The highest BCUT2D eigenvalue weighted by atomic mass is 32.1. The Bertz CT molecular complexity index is 575. The number of carbonyl (C=O) groups is 1. The zero-order chi connectivity index (χ0) is 13.3. The smallest absolute Gasteiger partial charge is 0.316 e. The van der Waals surface area contributed by atoms with Gasteiger partial charge in [0.2, 0.25) is 0 Å². The summed E-state index contributed by atoms with van der Waals surface area (Å²) >= 11 is 1.30. The zero-order valence-corrected chi connectivity index (χ0v) is 10.8. The van der Waals surface area contributed by atoms with E-state index in [2.05, 4.69) is 4.98 Å². The molecule has 18 heavy (non-hydrogen) atoms. The van der Waals surface area contributed by atoms with Crippen molar-refractivity contribution >= 4 is 17.3 Å². The average molecular weight is 265 g/mol. The van der Waals surface area contributed by atoms with E-state index in [-0.39, 0.29) is 5.82 Å². The number of carboxylic acids is 1. The first kappa shape index (κ1) is 12.7. The van der Waals surface area contributed by atoms with Gasteiger partial charge in [0.05, 0.1) is 5.69 Å². The lowest BCUT2D eigenvalue weighted by Gasteiger charge is -2.15. The molecule has 2 aromatic rings. The summed E-state index contributed by atoms with van der Waals surface area (Å²) < 4.78 is 12.8. The molecule has 0 radical (unpaired) electrons. The van der Waals surface area contributed by atoms with E-state index < -0.39 is 11.4 Å². The minimum absolute atomic E-state index is 0.305. The Morgan fingerprint density at radius 2 is 1.94 bits per heavy atom. The molecule has 0 bridgehead atoms. The van der Waals surface area contributed by atoms with Crippen molar-refractivity contribution in [2.75, 3.05) is 0 Å². The number of benzene rings is 1. The van der Waals surface area contributed by atoms with Crippen molar-refractivity contribution in [3.05, 3.63) is 40.5 Å². The van der Waals surface area contributed by atoms with Crippen molar-refractivity contribution < 1.29 is 14.3 Å². The van der Waals surface area contributed by atoms with Crippen LogP contribution in [-0.2, 0) is 10.2 Å². The molecule has 2 rings (SSSR count). The number of aliphatic carboxylic acids is 1. The fraction of sp³-hybridized carbons (Fsp3) is 0.231. The zero-order valence-electron chi connectivity index (χ0n) is 9.98. The second kappa shape index (κ2) is 4.49. The van der Waals surface area contributed by atoms with Crippen LogP contribution in [0.3, 0.4) is 0 Å². The van der Waals surface area contributed by atoms with Gasteiger partial charge in [-0.1, -0.05) is 0 Å². The fourth-order valence-electron chi connectivity index (χ4n) is 1.41. The molecule has 0 saturated heterocycles. The summed E-state index contributed by atoms with van der Waals surface area (Å²) in [6, 6.07) is 5.97. The molecule has 0 spiro atoms. The van der Waals surface area contributed by atoms with Crippen LogP contribution in [0.25, 0.3) is 11.3 Å². The quantitative estimate of drug-likeness (QED) is 0.926. The number of halogens is 1. The highest BCUT2D eigenvalue weighted by molar-refractivity contribution is 7.10. The number of hydrogen-bond acceptors (Lipinski definition) is 3. The van der Waals surface area contributed by atoms with Crippen LogP contribution in [-0.4, -0.2) is 16.1 Å². The van der Waals surface area contributed by atoms with Gasteiger partial charge in [-0.25, -0.2) is 9.37 Å². The molecule has 1 aromatic carbocycles. The summed E-state index contributed by atoms with van der Waals surface area (Å²) in [6.45, 7) is 3.23. The van der Waals surface area contributed by atoms with Gasteiger partial charge in [0.25, 0.3) is 0 Å². The SMILES string of the molecule is CC(C)(C(=O)O)c1nc(-c2ccc(F)cc2)cs1. The van der Waals surface area contributed by atoms with Gasteiger partial charge in [-0.3, -0.25) is 4.79 Å². The minimum Gasteiger partial charge on any atom is -0.481 e. The second-order valence-corrected chi connectivity index (χ2v) is 5.33. The number of thiazole rings is 1. The van der Waals surface area contributed by atoms with Crippen molar-refractivity contribution in [3.63, 3.8) is 0 Å². The van der Waals surface area contributed by atoms with Gasteiger partial charge < -0.3 is 5.11 Å². The Kier molecular flexibility index (Phi) is 3.17. The van der Waals surface area contributed by atoms with Gasteiger partial charge in [0, 0.05) is 10.9 Å². The summed E-state index contributed by atoms with van der Waals surface area (Å²) in [5, 5.41) is 11.4. The van der Waals surface area contributed by atoms with Crippen LogP contribution in [0.4, 0.5) is 4.39 Å². The van der Waals surface area contributed by atoms with Crippen LogP contribution in [0.2, 0.25) is 0 Å². The van der Waals surface area contributed by atoms with Gasteiger partial charge in [0.15, 0.2) is 0 Å². The van der Waals surface area contributed by atoms with Crippen molar-refractivity contribution in [1.82, 2.24) is 4.98 Å². The van der Waals surface area contributed by atoms with Crippen molar-refractivity contribution in [2.45, 2.75) is 19.3 Å². The Labute approximate surface area is 108 Å². The maximum Gasteiger partial charge on any atom is 0.316 e. The molecule has 0 unspecified atom stereocenters. The van der Waals surface area contributed by atoms with E-state index >= 15 is 0 Å². The first-order valence-electron chi connectivity index (χ1n) is 5.36. The number of rotatable bonds is 3. The van der Waals surface area contributed by atoms with Gasteiger partial charge in [-0.2, -0.15) is 0 Å². The molecule has 1 N–H and O–H groups in total. The van der Waals surface area contributed by atoms with Crippen molar-refractivity contribution in [3.8, 4) is 11.3 Å². The fourth-order valence-corrected chi connectivity index (χ4v) is 2.35. The topological polar surface area (TPSA) is 50.2 Å². The monoisotopic (exact) mass is 265 g/mol. The molecule has 1 aromatic heterocycles. The Hall–Kier alpha value is -1.75. The summed E-state index contributed by atoms with van der Waals surface area (Å²) in [5.41, 5.74) is 0.438. The lowest BCUT2D eigenvalue weighted by atomic mass is 9.95. The van der Waals surface area contributed by atoms with Gasteiger partial charge >= 0.3 is 5.97 Å². The van der Waals surface area contributed by atoms with Crippen LogP contribution in [0, 0.1) is 5.82 Å². The van der Waals surface area contributed by atoms with E-state index in [1.807, 2.05) is 0 Å². The number of aromatic nitrogens is 1. The molecule has 0 fully saturated rings. The van der Waals surface area contributed by atoms with E-state index in [4.69, 9.17) is 5.11 Å². The average Bonchev–Trinajstić information content (AvgIpc) is 2.79. The maximum atomic E-state index is 12.8. The van der Waals surface area contributed by atoms with Gasteiger partial charge in [0.1, 0.15) is 16.2 Å². The minimum atomic E-state index is -1.01. The first-order valence-corrected chi connectivity index (χ1v) is 6.24. The molecule has 94 valence electrons. The van der Waals surface area contributed by atoms with Gasteiger partial charge in [-0.05, 0) is 38.1 Å². The van der Waals surface area contributed by atoms with Crippen LogP contribution in [0.1, 0.15) is 18.9 Å². The molecule has 0 aliphatic carbocycles. The molecule has 0 aliphatic rings. The third-order valence-corrected chi connectivity index (χ3v) is 3.88. The Morgan fingerprint density at radius 3 is 2.50 bits per heavy atom. The number of nitrogens with zero attached hydrogens (tertiary/aromatic N) is 1. The lowest BCUT2D eigenvalue weighted by Crippen LogP contribution is -2.28. The lowest BCUT2D eigenvalue weighted by molar-refractivity contribution is -0.142. The number of hydrogen-bond donors (Lipinski definition) is 1. The predicted molar refractivity (Wildman–Crippen MR) is 68.2 cm³/mol. The van der Waals surface area contributed by atoms with E-state index in [0.29, 0.717) is 10.7 Å². The number of carboxylic acid groups (broad SMARTS) is 1. The highest BCUT2D eigenvalue weighted by Gasteiger charge is 2.32. The third kappa shape index (κ3) is 2.26. The second-order valence-electron chi connectivity index (χ2n) is 4.47. The first-order chi connectivity index (χ1) is 8.41. The van der Waals surface area contributed by atoms with Crippen LogP contribution < -0.4 is 0 Å². The molecule has 0 saturated carbocycles. The van der Waals surface area contributed by atoms with E-state index in [0.717, 1.165) is 5.56 Å². The van der Waals surface area contributed by atoms with Crippen molar-refractivity contribution in [2.24, 2.45) is 0 Å². The summed E-state index contributed by atoms with van der Waals surface area (Å²) in [4.78, 5) is 15.4. The Balaban J connectivity index is 2.37. The van der Waals surface area contributed by atoms with Crippen molar-refractivity contribution in [1.29, 1.82) is 0 Å². The predicted octanol–water partition coefficient (Wildman–Crippen LogP) is 3.31. The standard InChI is InChI=1S/C13H12FNO2S/c1-13(2,12(16)17)11-15-10(7-18-11)8-3-5-9(14)6-4-8/h3-7H,1-2H3,(H,16,17). The summed E-state index contributed by atoms with van der Waals surface area (Å²) in [7, 11) is 0. The Morgan fingerprint density at radius 1 is 1.33 bits per heavy atom. The molecule has 1 heterocycles. The molecule has 0 amide bonds. The molecular weight excluding hydrogens is 253 g/mol. The molecule has 5 heteroatoms. The molecule has 0 aliphatic heterocycles. The normalized spacial score (nSPS) is 11.5. The summed E-state index contributed by atoms with van der Waals surface area (Å²) in [5.74, 6) is -1.22. The van der Waals surface area contributed by atoms with Crippen LogP contribution in [0.15, 0.2) is 29.6 Å². The molecular formula is C13H12FNO2S. The van der Waals surface area contributed by atoms with Crippen LogP contribution in [0.5, 0.6) is 0 Å². The third-order valence-electron chi connectivity index (χ3n) is 2.71. The molecule has 3 nitrogen and oxygen atoms in total. The van der Waals surface area contributed by atoms with E-state index in [1.54, 1.807) is 31.4 Å². The summed E-state index contributed by atoms with van der Waals surface area (Å²) in [6.07, 6.45) is 0. The largest absolute Gasteiger partial charge is 0.481 e. The van der Waals surface area contributed by atoms with E-state index in [1.165, 1.54) is 23.5 Å². The van der Waals surface area contributed by atoms with Gasteiger partial charge in [-0.15, -0.1) is 11.3 Å². The van der Waals surface area contributed by atoms with Crippen LogP contribution >= 0.6 is 11.3 Å². The molecule has 0 atom stereocenters. The highest BCUT2D eigenvalue weighted by Crippen LogP contribution is 2.30. The van der Waals surface area contributed by atoms with E-state index in [9.17, 15) is 9.18 Å².